The molecular weight excluding hydrogens is 260 g/mol. The van der Waals surface area contributed by atoms with Gasteiger partial charge in [0.1, 0.15) is 0 Å². The number of aromatic nitrogens is 2. The van der Waals surface area contributed by atoms with Crippen molar-refractivity contribution < 1.29 is 9.45 Å². The van der Waals surface area contributed by atoms with Crippen LogP contribution < -0.4 is 5.32 Å². The van der Waals surface area contributed by atoms with E-state index in [9.17, 15) is 10.1 Å². The fourth-order valence-electron chi connectivity index (χ4n) is 2.16. The molecule has 0 bridgehead atoms. The molecule has 1 aromatic heterocycles. The first-order valence-corrected chi connectivity index (χ1v) is 6.44. The Morgan fingerprint density at radius 3 is 2.95 bits per heavy atom. The largest absolute Gasteiger partial charge is 0.339 e. The predicted molar refractivity (Wildman–Crippen MR) is 71.2 cm³/mol. The summed E-state index contributed by atoms with van der Waals surface area (Å²) in [5.41, 5.74) is 0.609. The molecule has 7 nitrogen and oxygen atoms in total. The lowest BCUT2D eigenvalue weighted by Gasteiger charge is -2.30. The summed E-state index contributed by atoms with van der Waals surface area (Å²) in [6.45, 7) is 3.96. The number of hydrogen-bond acceptors (Lipinski definition) is 6. The van der Waals surface area contributed by atoms with E-state index >= 15 is 0 Å². The Morgan fingerprint density at radius 2 is 2.30 bits per heavy atom. The van der Waals surface area contributed by atoms with Crippen molar-refractivity contribution in [3.05, 3.63) is 40.3 Å². The van der Waals surface area contributed by atoms with Crippen LogP contribution in [0.3, 0.4) is 0 Å². The van der Waals surface area contributed by atoms with E-state index in [-0.39, 0.29) is 11.6 Å². The molecule has 1 fully saturated rings. The van der Waals surface area contributed by atoms with E-state index in [1.807, 2.05) is 0 Å². The van der Waals surface area contributed by atoms with Crippen LogP contribution in [0, 0.1) is 16.0 Å². The minimum absolute atomic E-state index is 0.0186. The van der Waals surface area contributed by atoms with Gasteiger partial charge in [0.2, 0.25) is 11.7 Å². The van der Waals surface area contributed by atoms with E-state index in [2.05, 4.69) is 22.4 Å². The molecule has 0 amide bonds. The maximum Gasteiger partial charge on any atom is 0.270 e. The maximum absolute atomic E-state index is 10.8. The zero-order valence-corrected chi connectivity index (χ0v) is 10.9. The minimum Gasteiger partial charge on any atom is -0.339 e. The standard InChI is InChI=1S/C13H14N4O3/c1-8(10-6-14-7-10)13-15-12(16-20-13)9-3-2-4-11(5-9)17(18)19/h2-5,8,10,14H,6-7H2,1H3. The van der Waals surface area contributed by atoms with E-state index in [1.54, 1.807) is 12.1 Å². The highest BCUT2D eigenvalue weighted by molar-refractivity contribution is 5.58. The Hall–Kier alpha value is -2.28. The molecule has 2 heterocycles. The highest BCUT2D eigenvalue weighted by Gasteiger charge is 2.29. The third-order valence-electron chi connectivity index (χ3n) is 3.67. The first kappa shape index (κ1) is 12.7. The van der Waals surface area contributed by atoms with Gasteiger partial charge in [0.15, 0.2) is 0 Å². The summed E-state index contributed by atoms with van der Waals surface area (Å²) in [4.78, 5) is 14.7. The summed E-state index contributed by atoms with van der Waals surface area (Å²) in [7, 11) is 0. The van der Waals surface area contributed by atoms with Gasteiger partial charge in [-0.15, -0.1) is 0 Å². The normalized spacial score (nSPS) is 16.6. The number of rotatable bonds is 4. The number of non-ortho nitro benzene ring substituents is 1. The number of hydrogen-bond donors (Lipinski definition) is 1. The van der Waals surface area contributed by atoms with Crippen LogP contribution >= 0.6 is 0 Å². The zero-order valence-electron chi connectivity index (χ0n) is 10.9. The number of benzene rings is 1. The lowest BCUT2D eigenvalue weighted by Crippen LogP contribution is -2.44. The molecule has 1 aliphatic rings. The molecule has 1 unspecified atom stereocenters. The van der Waals surface area contributed by atoms with Crippen molar-refractivity contribution in [3.63, 3.8) is 0 Å². The molecule has 1 saturated heterocycles. The Labute approximate surface area is 115 Å². The van der Waals surface area contributed by atoms with Crippen LogP contribution in [0.1, 0.15) is 18.7 Å². The molecule has 2 aromatic rings. The summed E-state index contributed by atoms with van der Waals surface area (Å²) in [5, 5.41) is 17.9. The van der Waals surface area contributed by atoms with Gasteiger partial charge in [0.05, 0.1) is 4.92 Å². The summed E-state index contributed by atoms with van der Waals surface area (Å²) < 4.78 is 5.28. The average Bonchev–Trinajstić information content (AvgIpc) is 2.86. The van der Waals surface area contributed by atoms with Crippen molar-refractivity contribution in [2.24, 2.45) is 5.92 Å². The molecule has 0 spiro atoms. The highest BCUT2D eigenvalue weighted by atomic mass is 16.6. The minimum atomic E-state index is -0.437. The van der Waals surface area contributed by atoms with Gasteiger partial charge in [0.25, 0.3) is 5.69 Å². The smallest absolute Gasteiger partial charge is 0.270 e. The van der Waals surface area contributed by atoms with Gasteiger partial charge < -0.3 is 9.84 Å². The molecule has 1 aromatic carbocycles. The van der Waals surface area contributed by atoms with Crippen molar-refractivity contribution in [2.45, 2.75) is 12.8 Å². The molecule has 1 aliphatic heterocycles. The predicted octanol–water partition coefficient (Wildman–Crippen LogP) is 1.97. The lowest BCUT2D eigenvalue weighted by molar-refractivity contribution is -0.384. The molecule has 0 saturated carbocycles. The number of nitro groups is 1. The number of nitrogens with zero attached hydrogens (tertiary/aromatic N) is 3. The third kappa shape index (κ3) is 2.27. The number of nitro benzene ring substituents is 1. The molecule has 20 heavy (non-hydrogen) atoms. The van der Waals surface area contributed by atoms with Gasteiger partial charge in [-0.3, -0.25) is 10.1 Å². The van der Waals surface area contributed by atoms with Gasteiger partial charge in [-0.05, 0) is 19.0 Å². The molecule has 104 valence electrons. The summed E-state index contributed by atoms with van der Waals surface area (Å²) in [6, 6.07) is 6.23. The van der Waals surface area contributed by atoms with E-state index in [0.717, 1.165) is 13.1 Å². The second kappa shape index (κ2) is 5.01. The fraction of sp³-hybridized carbons (Fsp3) is 0.385. The molecule has 1 N–H and O–H groups in total. The molecule has 0 radical (unpaired) electrons. The van der Waals surface area contributed by atoms with E-state index in [0.29, 0.717) is 23.2 Å². The number of nitrogens with one attached hydrogen (secondary N) is 1. The second-order valence-corrected chi connectivity index (χ2v) is 4.97. The van der Waals surface area contributed by atoms with E-state index in [1.165, 1.54) is 12.1 Å². The van der Waals surface area contributed by atoms with Crippen LogP contribution in [-0.2, 0) is 0 Å². The molecule has 3 rings (SSSR count). The van der Waals surface area contributed by atoms with Crippen LogP contribution in [0.2, 0.25) is 0 Å². The van der Waals surface area contributed by atoms with E-state index in [4.69, 9.17) is 4.52 Å². The first-order chi connectivity index (χ1) is 9.65. The molecule has 7 heteroatoms. The summed E-state index contributed by atoms with van der Waals surface area (Å²) >= 11 is 0. The van der Waals surface area contributed by atoms with Crippen molar-refractivity contribution in [1.82, 2.24) is 15.5 Å². The van der Waals surface area contributed by atoms with Crippen LogP contribution in [0.25, 0.3) is 11.4 Å². The summed E-state index contributed by atoms with van der Waals surface area (Å²) in [6.07, 6.45) is 0. The Kier molecular flexibility index (Phi) is 3.19. The first-order valence-electron chi connectivity index (χ1n) is 6.44. The molecule has 1 atom stereocenters. The van der Waals surface area contributed by atoms with Gasteiger partial charge in [-0.25, -0.2) is 0 Å². The quantitative estimate of drug-likeness (QED) is 0.676. The average molecular weight is 274 g/mol. The van der Waals surface area contributed by atoms with Crippen LogP contribution in [-0.4, -0.2) is 28.2 Å². The zero-order chi connectivity index (χ0) is 14.1. The van der Waals surface area contributed by atoms with Crippen LogP contribution in [0.4, 0.5) is 5.69 Å². The Balaban J connectivity index is 1.85. The van der Waals surface area contributed by atoms with Crippen molar-refractivity contribution >= 4 is 5.69 Å². The van der Waals surface area contributed by atoms with Gasteiger partial charge in [0, 0.05) is 23.6 Å². The van der Waals surface area contributed by atoms with Gasteiger partial charge in [-0.2, -0.15) is 4.98 Å². The SMILES string of the molecule is CC(c1nc(-c2cccc([N+](=O)[O-])c2)no1)C1CNC1. The van der Waals surface area contributed by atoms with Crippen LogP contribution in [0.5, 0.6) is 0 Å². The fourth-order valence-corrected chi connectivity index (χ4v) is 2.16. The second-order valence-electron chi connectivity index (χ2n) is 4.97. The van der Waals surface area contributed by atoms with Gasteiger partial charge in [-0.1, -0.05) is 24.2 Å². The van der Waals surface area contributed by atoms with Crippen molar-refractivity contribution in [3.8, 4) is 11.4 Å². The van der Waals surface area contributed by atoms with Crippen molar-refractivity contribution in [1.29, 1.82) is 0 Å². The van der Waals surface area contributed by atoms with Crippen LogP contribution in [0.15, 0.2) is 28.8 Å². The van der Waals surface area contributed by atoms with E-state index < -0.39 is 4.92 Å². The molecule has 0 aliphatic carbocycles. The highest BCUT2D eigenvalue weighted by Crippen LogP contribution is 2.28. The Morgan fingerprint density at radius 1 is 1.50 bits per heavy atom. The molecular formula is C13H14N4O3. The topological polar surface area (TPSA) is 94.1 Å². The van der Waals surface area contributed by atoms with Gasteiger partial charge >= 0.3 is 0 Å². The monoisotopic (exact) mass is 274 g/mol. The summed E-state index contributed by atoms with van der Waals surface area (Å²) in [5.74, 6) is 1.67. The third-order valence-corrected chi connectivity index (χ3v) is 3.67. The maximum atomic E-state index is 10.8. The lowest BCUT2D eigenvalue weighted by atomic mass is 9.89. The van der Waals surface area contributed by atoms with Crippen molar-refractivity contribution in [2.75, 3.05) is 13.1 Å². The Bertz CT molecular complexity index is 636.